The lowest BCUT2D eigenvalue weighted by Crippen LogP contribution is -2.54. The normalized spacial score (nSPS) is 17.2. The lowest BCUT2D eigenvalue weighted by molar-refractivity contribution is -0.152. The van der Waals surface area contributed by atoms with Crippen LogP contribution in [-0.4, -0.2) is 76.7 Å². The van der Waals surface area contributed by atoms with E-state index < -0.39 is 11.8 Å². The minimum atomic E-state index is -0.445. The zero-order valence-electron chi connectivity index (χ0n) is 16.1. The summed E-state index contributed by atoms with van der Waals surface area (Å²) in [7, 11) is 0. The molecule has 146 valence electrons. The van der Waals surface area contributed by atoms with Gasteiger partial charge in [0.25, 0.3) is 5.91 Å². The Hall–Kier alpha value is -2.96. The molecule has 1 aromatic heterocycles. The quantitative estimate of drug-likeness (QED) is 0.702. The molecule has 2 aromatic rings. The second-order valence-electron chi connectivity index (χ2n) is 7.41. The van der Waals surface area contributed by atoms with Gasteiger partial charge in [-0.05, 0) is 31.9 Å². The van der Waals surface area contributed by atoms with Crippen molar-refractivity contribution in [2.75, 3.05) is 39.3 Å². The number of aromatic nitrogens is 1. The van der Waals surface area contributed by atoms with Crippen LogP contribution < -0.4 is 0 Å². The monoisotopic (exact) mass is 380 g/mol. The van der Waals surface area contributed by atoms with Gasteiger partial charge in [-0.3, -0.25) is 19.4 Å². The molecule has 0 atom stereocenters. The average Bonchev–Trinajstić information content (AvgIpc) is 3.26. The number of benzene rings is 1. The smallest absolute Gasteiger partial charge is 0.312 e. The van der Waals surface area contributed by atoms with Gasteiger partial charge >= 0.3 is 11.8 Å². The van der Waals surface area contributed by atoms with E-state index in [4.69, 9.17) is 0 Å². The summed E-state index contributed by atoms with van der Waals surface area (Å²) in [5.41, 5.74) is 2.24. The largest absolute Gasteiger partial charge is 0.335 e. The number of fused-ring (bicyclic) bond motifs is 1. The van der Waals surface area contributed by atoms with E-state index in [1.807, 2.05) is 37.3 Å². The predicted molar refractivity (Wildman–Crippen MR) is 105 cm³/mol. The number of piperazine rings is 1. The Balaban J connectivity index is 1.45. The van der Waals surface area contributed by atoms with Crippen molar-refractivity contribution >= 4 is 28.6 Å². The highest BCUT2D eigenvalue weighted by Gasteiger charge is 2.32. The van der Waals surface area contributed by atoms with E-state index in [2.05, 4.69) is 4.98 Å². The molecule has 1 aromatic carbocycles. The first-order valence-electron chi connectivity index (χ1n) is 9.78. The molecule has 3 heterocycles. The van der Waals surface area contributed by atoms with Crippen molar-refractivity contribution in [3.05, 3.63) is 41.6 Å². The first-order valence-corrected chi connectivity index (χ1v) is 9.78. The topological polar surface area (TPSA) is 73.8 Å². The van der Waals surface area contributed by atoms with Gasteiger partial charge in [0.1, 0.15) is 0 Å². The van der Waals surface area contributed by atoms with E-state index in [1.165, 1.54) is 0 Å². The van der Waals surface area contributed by atoms with Crippen molar-refractivity contribution in [1.29, 1.82) is 0 Å². The second-order valence-corrected chi connectivity index (χ2v) is 7.41. The highest BCUT2D eigenvalue weighted by atomic mass is 16.2. The number of rotatable bonds is 1. The Morgan fingerprint density at radius 1 is 0.821 bits per heavy atom. The highest BCUT2D eigenvalue weighted by Crippen LogP contribution is 2.21. The number of pyridine rings is 1. The zero-order valence-corrected chi connectivity index (χ0v) is 16.1. The molecule has 7 nitrogen and oxygen atoms in total. The van der Waals surface area contributed by atoms with Crippen molar-refractivity contribution in [1.82, 2.24) is 19.7 Å². The number of amides is 3. The van der Waals surface area contributed by atoms with E-state index in [0.29, 0.717) is 44.8 Å². The summed E-state index contributed by atoms with van der Waals surface area (Å²) < 4.78 is 0. The summed E-state index contributed by atoms with van der Waals surface area (Å²) in [5.74, 6) is -0.910. The van der Waals surface area contributed by atoms with Crippen LogP contribution in [0.2, 0.25) is 0 Å². The molecule has 0 bridgehead atoms. The van der Waals surface area contributed by atoms with Gasteiger partial charge in [-0.25, -0.2) is 0 Å². The minimum absolute atomic E-state index is 0.0559. The van der Waals surface area contributed by atoms with Gasteiger partial charge in [0.2, 0.25) is 0 Å². The van der Waals surface area contributed by atoms with E-state index in [0.717, 1.165) is 29.4 Å². The van der Waals surface area contributed by atoms with Crippen molar-refractivity contribution in [2.45, 2.75) is 19.8 Å². The molecule has 7 heteroatoms. The summed E-state index contributed by atoms with van der Waals surface area (Å²) in [5, 5.41) is 0.834. The van der Waals surface area contributed by atoms with Crippen LogP contribution in [0.4, 0.5) is 0 Å². The zero-order chi connectivity index (χ0) is 19.7. The lowest BCUT2D eigenvalue weighted by Gasteiger charge is -2.35. The molecule has 0 saturated carbocycles. The Labute approximate surface area is 163 Å². The molecule has 0 unspecified atom stereocenters. The third kappa shape index (κ3) is 3.44. The molecule has 2 aliphatic heterocycles. The SMILES string of the molecule is Cc1cc(C(=O)N2CCN(C(=O)C(=O)N3CCCC3)CC2)c2ccccc2n1. The first-order chi connectivity index (χ1) is 13.5. The highest BCUT2D eigenvalue weighted by molar-refractivity contribution is 6.35. The number of nitrogens with zero attached hydrogens (tertiary/aromatic N) is 4. The molecule has 0 N–H and O–H groups in total. The third-order valence-corrected chi connectivity index (χ3v) is 5.50. The molecular weight excluding hydrogens is 356 g/mol. The molecule has 28 heavy (non-hydrogen) atoms. The van der Waals surface area contributed by atoms with E-state index >= 15 is 0 Å². The van der Waals surface area contributed by atoms with Gasteiger partial charge in [0.15, 0.2) is 0 Å². The summed E-state index contributed by atoms with van der Waals surface area (Å²) in [4.78, 5) is 47.3. The summed E-state index contributed by atoms with van der Waals surface area (Å²) >= 11 is 0. The molecule has 4 rings (SSSR count). The van der Waals surface area contributed by atoms with Crippen LogP contribution in [-0.2, 0) is 9.59 Å². The Morgan fingerprint density at radius 3 is 2.07 bits per heavy atom. The number of hydrogen-bond donors (Lipinski definition) is 0. The minimum Gasteiger partial charge on any atom is -0.335 e. The van der Waals surface area contributed by atoms with Crippen LogP contribution in [0.15, 0.2) is 30.3 Å². The maximum atomic E-state index is 13.1. The number of likely N-dealkylation sites (tertiary alicyclic amines) is 1. The molecule has 2 fully saturated rings. The van der Waals surface area contributed by atoms with Crippen LogP contribution in [0.5, 0.6) is 0 Å². The van der Waals surface area contributed by atoms with Gasteiger partial charge in [-0.15, -0.1) is 0 Å². The maximum Gasteiger partial charge on any atom is 0.312 e. The number of aryl methyl sites for hydroxylation is 1. The first kappa shape index (κ1) is 18.4. The van der Waals surface area contributed by atoms with Crippen LogP contribution in [0.3, 0.4) is 0 Å². The second kappa shape index (κ2) is 7.58. The fraction of sp³-hybridized carbons (Fsp3) is 0.429. The predicted octanol–water partition coefficient (Wildman–Crippen LogP) is 1.45. The number of para-hydroxylation sites is 1. The van der Waals surface area contributed by atoms with Gasteiger partial charge in [-0.1, -0.05) is 18.2 Å². The van der Waals surface area contributed by atoms with Crippen LogP contribution in [0, 0.1) is 6.92 Å². The Bertz CT molecular complexity index is 928. The molecule has 0 aliphatic carbocycles. The van der Waals surface area contributed by atoms with Gasteiger partial charge in [-0.2, -0.15) is 0 Å². The standard InChI is InChI=1S/C21H24N4O3/c1-15-14-17(16-6-2-3-7-18(16)22-15)19(26)24-10-12-25(13-11-24)21(28)20(27)23-8-4-5-9-23/h2-3,6-7,14H,4-5,8-13H2,1H3. The van der Waals surface area contributed by atoms with Crippen molar-refractivity contribution < 1.29 is 14.4 Å². The van der Waals surface area contributed by atoms with Crippen molar-refractivity contribution in [2.24, 2.45) is 0 Å². The van der Waals surface area contributed by atoms with Gasteiger partial charge in [0.05, 0.1) is 11.1 Å². The van der Waals surface area contributed by atoms with Crippen molar-refractivity contribution in [3.63, 3.8) is 0 Å². The van der Waals surface area contributed by atoms with Crippen LogP contribution in [0.25, 0.3) is 10.9 Å². The van der Waals surface area contributed by atoms with E-state index in [9.17, 15) is 14.4 Å². The molecular formula is C21H24N4O3. The fourth-order valence-electron chi connectivity index (χ4n) is 3.96. The third-order valence-electron chi connectivity index (χ3n) is 5.50. The number of hydrogen-bond acceptors (Lipinski definition) is 4. The van der Waals surface area contributed by atoms with Gasteiger partial charge in [0, 0.05) is 50.3 Å². The summed E-state index contributed by atoms with van der Waals surface area (Å²) in [6.07, 6.45) is 1.92. The molecule has 0 spiro atoms. The Morgan fingerprint density at radius 2 is 1.39 bits per heavy atom. The average molecular weight is 380 g/mol. The molecule has 2 saturated heterocycles. The van der Waals surface area contributed by atoms with Crippen LogP contribution in [0.1, 0.15) is 28.9 Å². The summed E-state index contributed by atoms with van der Waals surface area (Å²) in [6, 6.07) is 9.43. The van der Waals surface area contributed by atoms with E-state index in [-0.39, 0.29) is 5.91 Å². The summed E-state index contributed by atoms with van der Waals surface area (Å²) in [6.45, 7) is 4.82. The Kier molecular flexibility index (Phi) is 4.98. The molecule has 0 radical (unpaired) electrons. The van der Waals surface area contributed by atoms with Crippen LogP contribution >= 0.6 is 0 Å². The van der Waals surface area contributed by atoms with Gasteiger partial charge < -0.3 is 14.7 Å². The van der Waals surface area contributed by atoms with Crippen molar-refractivity contribution in [3.8, 4) is 0 Å². The number of carbonyl (C=O) groups is 3. The number of carbonyl (C=O) groups excluding carboxylic acids is 3. The lowest BCUT2D eigenvalue weighted by atomic mass is 10.1. The molecule has 2 aliphatic rings. The van der Waals surface area contributed by atoms with E-state index in [1.54, 1.807) is 14.7 Å². The molecule has 3 amide bonds. The fourth-order valence-corrected chi connectivity index (χ4v) is 3.96. The maximum absolute atomic E-state index is 13.1.